The lowest BCUT2D eigenvalue weighted by Gasteiger charge is -2.21. The minimum atomic E-state index is -4.91. The first-order chi connectivity index (χ1) is 44.2. The van der Waals surface area contributed by atoms with Gasteiger partial charge in [-0.25, -0.2) is 9.13 Å². The van der Waals surface area contributed by atoms with E-state index < -0.39 is 91.5 Å². The third-order valence-electron chi connectivity index (χ3n) is 16.1. The number of rotatable bonds is 71. The van der Waals surface area contributed by atoms with Crippen LogP contribution in [0.3, 0.4) is 0 Å². The van der Waals surface area contributed by atoms with Crippen LogP contribution in [0, 0.1) is 0 Å². The first-order valence-corrected chi connectivity index (χ1v) is 39.9. The molecule has 18 heteroatoms. The van der Waals surface area contributed by atoms with Crippen molar-refractivity contribution in [2.45, 2.75) is 360 Å². The standard InChI is InChI=1S/C73H136O16P2/c1-4-7-10-13-16-19-22-24-25-26-27-28-29-30-31-32-33-34-35-36-37-38-39-40-41-43-46-47-50-53-56-59-71(76)83-62-68(74)63-85-90(79,80)86-64-69(75)65-87-91(81,82)88-67-70(89-73(78)61-58-55-52-49-44-21-18-15-12-9-6-3)66-84-72(77)60-57-54-51-48-45-42-23-20-17-14-11-8-5-2/h16,19,24-25,27-28,30-31,68-70,74-75H,4-15,17-18,20-23,26,29,32-67H2,1-3H3,(H,79,80)(H,81,82)/b19-16-,25-24-,28-27-,31-30-. The van der Waals surface area contributed by atoms with Crippen molar-refractivity contribution in [3.63, 3.8) is 0 Å². The molecule has 0 aliphatic carbocycles. The van der Waals surface area contributed by atoms with Crippen molar-refractivity contribution in [1.29, 1.82) is 0 Å². The molecule has 0 aromatic rings. The molecule has 0 aliphatic heterocycles. The van der Waals surface area contributed by atoms with Crippen LogP contribution in [0.25, 0.3) is 0 Å². The van der Waals surface area contributed by atoms with E-state index in [0.29, 0.717) is 19.3 Å². The monoisotopic (exact) mass is 1330 g/mol. The normalized spacial score (nSPS) is 14.4. The van der Waals surface area contributed by atoms with Crippen LogP contribution < -0.4 is 0 Å². The van der Waals surface area contributed by atoms with Crippen LogP contribution in [0.5, 0.6) is 0 Å². The predicted molar refractivity (Wildman–Crippen MR) is 372 cm³/mol. The minimum absolute atomic E-state index is 0.113. The smallest absolute Gasteiger partial charge is 0.463 e. The van der Waals surface area contributed by atoms with Crippen molar-refractivity contribution in [1.82, 2.24) is 0 Å². The molecule has 0 bridgehead atoms. The molecule has 16 nitrogen and oxygen atoms in total. The maximum Gasteiger partial charge on any atom is 0.472 e. The van der Waals surface area contributed by atoms with Crippen molar-refractivity contribution in [3.8, 4) is 0 Å². The Hall–Kier alpha value is -2.49. The van der Waals surface area contributed by atoms with Gasteiger partial charge in [0.05, 0.1) is 26.4 Å². The summed E-state index contributed by atoms with van der Waals surface area (Å²) in [5.74, 6) is -1.55. The molecule has 0 saturated carbocycles. The minimum Gasteiger partial charge on any atom is -0.463 e. The number of esters is 3. The molecule has 0 heterocycles. The molecule has 0 spiro atoms. The quantitative estimate of drug-likeness (QED) is 0.0146. The molecule has 0 aliphatic rings. The summed E-state index contributed by atoms with van der Waals surface area (Å²) in [4.78, 5) is 58.3. The summed E-state index contributed by atoms with van der Waals surface area (Å²) in [5.41, 5.74) is 0. The van der Waals surface area contributed by atoms with Crippen LogP contribution in [0.1, 0.15) is 342 Å². The van der Waals surface area contributed by atoms with Gasteiger partial charge >= 0.3 is 33.6 Å². The molecule has 5 atom stereocenters. The molecular formula is C73H136O16P2. The van der Waals surface area contributed by atoms with Gasteiger partial charge in [0.15, 0.2) is 6.10 Å². The second-order valence-corrected chi connectivity index (χ2v) is 28.0. The highest BCUT2D eigenvalue weighted by atomic mass is 31.2. The molecule has 0 aromatic carbocycles. The Morgan fingerprint density at radius 3 is 0.890 bits per heavy atom. The average Bonchev–Trinajstić information content (AvgIpc) is 3.61. The molecule has 0 rings (SSSR count). The fourth-order valence-corrected chi connectivity index (χ4v) is 12.0. The molecule has 0 amide bonds. The van der Waals surface area contributed by atoms with E-state index in [9.17, 15) is 43.5 Å². The van der Waals surface area contributed by atoms with Crippen LogP contribution in [-0.4, -0.2) is 95.9 Å². The van der Waals surface area contributed by atoms with Gasteiger partial charge in [-0.1, -0.05) is 307 Å². The van der Waals surface area contributed by atoms with Crippen LogP contribution >= 0.6 is 15.6 Å². The maximum atomic E-state index is 12.9. The van der Waals surface area contributed by atoms with Gasteiger partial charge in [-0.3, -0.25) is 32.5 Å². The Morgan fingerprint density at radius 2 is 0.549 bits per heavy atom. The third-order valence-corrected chi connectivity index (χ3v) is 18.0. The highest BCUT2D eigenvalue weighted by Crippen LogP contribution is 2.45. The Kier molecular flexibility index (Phi) is 65.6. The van der Waals surface area contributed by atoms with Gasteiger partial charge in [0.2, 0.25) is 0 Å². The van der Waals surface area contributed by atoms with E-state index in [-0.39, 0.29) is 19.3 Å². The van der Waals surface area contributed by atoms with Crippen LogP contribution in [-0.2, 0) is 55.8 Å². The zero-order valence-electron chi connectivity index (χ0n) is 58.0. The Morgan fingerprint density at radius 1 is 0.308 bits per heavy atom. The Labute approximate surface area is 555 Å². The van der Waals surface area contributed by atoms with E-state index in [2.05, 4.69) is 69.4 Å². The maximum absolute atomic E-state index is 12.9. The molecule has 5 unspecified atom stereocenters. The summed E-state index contributed by atoms with van der Waals surface area (Å²) < 4.78 is 60.9. The summed E-state index contributed by atoms with van der Waals surface area (Å²) in [6.07, 6.45) is 69.0. The molecule has 0 aromatic heterocycles. The number of carbonyl (C=O) groups is 3. The van der Waals surface area contributed by atoms with E-state index in [0.717, 1.165) is 83.5 Å². The van der Waals surface area contributed by atoms with E-state index in [1.807, 2.05) is 0 Å². The van der Waals surface area contributed by atoms with E-state index in [1.165, 1.54) is 199 Å². The third kappa shape index (κ3) is 68.7. The lowest BCUT2D eigenvalue weighted by atomic mass is 10.0. The highest BCUT2D eigenvalue weighted by molar-refractivity contribution is 7.47. The fourth-order valence-electron chi connectivity index (χ4n) is 10.4. The van der Waals surface area contributed by atoms with Gasteiger partial charge in [0.1, 0.15) is 25.4 Å². The Balaban J connectivity index is 4.30. The number of allylic oxidation sites excluding steroid dienone is 8. The first-order valence-electron chi connectivity index (χ1n) is 36.9. The number of hydrogen-bond donors (Lipinski definition) is 4. The summed E-state index contributed by atoms with van der Waals surface area (Å²) in [6, 6.07) is 0. The van der Waals surface area contributed by atoms with Crippen LogP contribution in [0.2, 0.25) is 0 Å². The van der Waals surface area contributed by atoms with Crippen molar-refractivity contribution in [3.05, 3.63) is 48.6 Å². The largest absolute Gasteiger partial charge is 0.472 e. The zero-order chi connectivity index (χ0) is 66.7. The van der Waals surface area contributed by atoms with Gasteiger partial charge in [0, 0.05) is 19.3 Å². The summed E-state index contributed by atoms with van der Waals surface area (Å²) in [5, 5.41) is 20.6. The highest BCUT2D eigenvalue weighted by Gasteiger charge is 2.29. The number of aliphatic hydroxyl groups excluding tert-OH is 2. The van der Waals surface area contributed by atoms with Gasteiger partial charge in [-0.2, -0.15) is 0 Å². The number of ether oxygens (including phenoxy) is 3. The summed E-state index contributed by atoms with van der Waals surface area (Å²) >= 11 is 0. The molecule has 0 saturated heterocycles. The fraction of sp³-hybridized carbons (Fsp3) is 0.849. The molecular weight excluding hydrogens is 1190 g/mol. The Bertz CT molecular complexity index is 1860. The topological polar surface area (TPSA) is 231 Å². The zero-order valence-corrected chi connectivity index (χ0v) is 59.8. The van der Waals surface area contributed by atoms with Crippen LogP contribution in [0.15, 0.2) is 48.6 Å². The van der Waals surface area contributed by atoms with E-state index in [1.54, 1.807) is 0 Å². The second-order valence-electron chi connectivity index (χ2n) is 25.1. The number of unbranched alkanes of at least 4 members (excludes halogenated alkanes) is 40. The van der Waals surface area contributed by atoms with Crippen molar-refractivity contribution in [2.75, 3.05) is 39.6 Å². The predicted octanol–water partition coefficient (Wildman–Crippen LogP) is 20.8. The SMILES string of the molecule is CCCCC/C=C\C/C=C\C/C=C\C/C=C\CCCCCCCCCCCCCCCCCC(=O)OCC(O)COP(=O)(O)OCC(O)COP(=O)(O)OCC(COC(=O)CCCCCCCCCCCCCCC)OC(=O)CCCCCCCCCCCCC. The van der Waals surface area contributed by atoms with Crippen LogP contribution in [0.4, 0.5) is 0 Å². The van der Waals surface area contributed by atoms with Gasteiger partial charge in [-0.15, -0.1) is 0 Å². The molecule has 91 heavy (non-hydrogen) atoms. The lowest BCUT2D eigenvalue weighted by Crippen LogP contribution is -2.30. The van der Waals surface area contributed by atoms with Crippen molar-refractivity contribution < 1.29 is 75.8 Å². The summed E-state index contributed by atoms with van der Waals surface area (Å²) in [7, 11) is -9.75. The molecule has 0 fully saturated rings. The van der Waals surface area contributed by atoms with Gasteiger partial charge < -0.3 is 34.2 Å². The van der Waals surface area contributed by atoms with E-state index in [4.69, 9.17) is 32.3 Å². The van der Waals surface area contributed by atoms with Gasteiger partial charge in [0.25, 0.3) is 0 Å². The molecule has 4 N–H and O–H groups in total. The molecule has 534 valence electrons. The van der Waals surface area contributed by atoms with Crippen molar-refractivity contribution in [2.24, 2.45) is 0 Å². The lowest BCUT2D eigenvalue weighted by molar-refractivity contribution is -0.161. The first kappa shape index (κ1) is 88.5. The van der Waals surface area contributed by atoms with E-state index >= 15 is 0 Å². The number of phosphoric ester groups is 2. The van der Waals surface area contributed by atoms with Crippen molar-refractivity contribution >= 4 is 33.6 Å². The number of carbonyl (C=O) groups excluding carboxylic acids is 3. The average molecular weight is 1330 g/mol. The number of phosphoric acid groups is 2. The summed E-state index contributed by atoms with van der Waals surface area (Å²) in [6.45, 7) is 2.68. The number of hydrogen-bond acceptors (Lipinski definition) is 14. The van der Waals surface area contributed by atoms with Gasteiger partial charge in [-0.05, 0) is 64.2 Å². The molecule has 0 radical (unpaired) electrons. The second kappa shape index (κ2) is 67.5. The number of aliphatic hydroxyl groups is 2.